The zero-order valence-corrected chi connectivity index (χ0v) is 17.5. The van der Waals surface area contributed by atoms with Gasteiger partial charge in [-0.2, -0.15) is 0 Å². The average molecular weight is 463 g/mol. The Bertz CT molecular complexity index is 1040. The number of benzene rings is 2. The van der Waals surface area contributed by atoms with Gasteiger partial charge in [-0.1, -0.05) is 23.2 Å². The minimum atomic E-state index is -3.90. The number of aliphatic carboxylic acids is 1. The van der Waals surface area contributed by atoms with Crippen molar-refractivity contribution >= 4 is 45.0 Å². The highest BCUT2D eigenvalue weighted by atomic mass is 35.5. The molecule has 0 spiro atoms. The van der Waals surface area contributed by atoms with Gasteiger partial charge < -0.3 is 19.3 Å². The van der Waals surface area contributed by atoms with Crippen LogP contribution in [0.25, 0.3) is 0 Å². The molecular weight excluding hydrogens is 447 g/mol. The van der Waals surface area contributed by atoms with E-state index in [1.165, 1.54) is 37.3 Å². The molecule has 2 aromatic carbocycles. The summed E-state index contributed by atoms with van der Waals surface area (Å²) in [4.78, 5) is 21.7. The molecule has 8 nitrogen and oxygen atoms in total. The summed E-state index contributed by atoms with van der Waals surface area (Å²) in [5.41, 5.74) is 0. The van der Waals surface area contributed by atoms with Crippen LogP contribution in [0.4, 0.5) is 0 Å². The number of sulfone groups is 1. The molecule has 156 valence electrons. The number of ether oxygens (including phenoxy) is 3. The molecule has 2 rings (SSSR count). The molecule has 0 aliphatic rings. The van der Waals surface area contributed by atoms with Gasteiger partial charge in [0.05, 0.1) is 9.92 Å². The fourth-order valence-corrected chi connectivity index (χ4v) is 3.48. The second kappa shape index (κ2) is 9.34. The lowest BCUT2D eigenvalue weighted by Gasteiger charge is -2.16. The van der Waals surface area contributed by atoms with E-state index < -0.39 is 33.8 Å². The highest BCUT2D eigenvalue weighted by molar-refractivity contribution is 7.91. The lowest BCUT2D eigenvalue weighted by Crippen LogP contribution is -2.23. The number of carbonyl (C=O) groups is 2. The topological polar surface area (TPSA) is 116 Å². The van der Waals surface area contributed by atoms with E-state index >= 15 is 0 Å². The van der Waals surface area contributed by atoms with Crippen LogP contribution in [0.2, 0.25) is 10.0 Å². The molecule has 1 atom stereocenters. The lowest BCUT2D eigenvalue weighted by atomic mass is 10.3. The Labute approximate surface area is 176 Å². The van der Waals surface area contributed by atoms with Gasteiger partial charge in [-0.15, -0.1) is 0 Å². The third kappa shape index (κ3) is 6.25. The standard InChI is InChI=1S/C18H16Cl2O8S/c1-10(18(22)23)27-16-5-3-12(19)7-17(16)28-15-6-4-13(8-14(15)20)29(24,25)9-26-11(2)21/h3-8,10H,9H2,1-2H3,(H,22,23). The van der Waals surface area contributed by atoms with E-state index in [4.69, 9.17) is 37.8 Å². The molecule has 0 saturated carbocycles. The van der Waals surface area contributed by atoms with Crippen LogP contribution in [0.3, 0.4) is 0 Å². The molecule has 0 amide bonds. The van der Waals surface area contributed by atoms with Gasteiger partial charge in [0.25, 0.3) is 0 Å². The molecule has 11 heteroatoms. The molecule has 0 bridgehead atoms. The van der Waals surface area contributed by atoms with Crippen molar-refractivity contribution in [1.29, 1.82) is 0 Å². The molecule has 0 heterocycles. The molecule has 0 radical (unpaired) electrons. The fraction of sp³-hybridized carbons (Fsp3) is 0.222. The Kier molecular flexibility index (Phi) is 7.34. The van der Waals surface area contributed by atoms with Crippen LogP contribution >= 0.6 is 23.2 Å². The van der Waals surface area contributed by atoms with Crippen molar-refractivity contribution in [3.8, 4) is 17.2 Å². The van der Waals surface area contributed by atoms with Crippen LogP contribution < -0.4 is 9.47 Å². The number of carboxylic acid groups (broad SMARTS) is 1. The van der Waals surface area contributed by atoms with Crippen molar-refractivity contribution in [2.24, 2.45) is 0 Å². The maximum absolute atomic E-state index is 12.2. The van der Waals surface area contributed by atoms with Crippen LogP contribution in [-0.4, -0.2) is 37.5 Å². The Morgan fingerprint density at radius 3 is 2.31 bits per heavy atom. The lowest BCUT2D eigenvalue weighted by molar-refractivity contribution is -0.144. The molecule has 1 N–H and O–H groups in total. The predicted octanol–water partition coefficient (Wildman–Crippen LogP) is 3.93. The van der Waals surface area contributed by atoms with Gasteiger partial charge in [-0.05, 0) is 37.3 Å². The summed E-state index contributed by atoms with van der Waals surface area (Å²) in [5, 5.41) is 9.25. The zero-order chi connectivity index (χ0) is 21.8. The number of carbonyl (C=O) groups excluding carboxylic acids is 1. The Hall–Kier alpha value is -2.49. The summed E-state index contributed by atoms with van der Waals surface area (Å²) in [7, 11) is -3.90. The molecule has 0 aliphatic carbocycles. The first-order valence-corrected chi connectivity index (χ1v) is 10.4. The maximum Gasteiger partial charge on any atom is 0.344 e. The van der Waals surface area contributed by atoms with Gasteiger partial charge in [0.1, 0.15) is 5.75 Å². The minimum absolute atomic E-state index is 0.0499. The number of esters is 1. The predicted molar refractivity (Wildman–Crippen MR) is 105 cm³/mol. The van der Waals surface area contributed by atoms with Crippen molar-refractivity contribution in [2.45, 2.75) is 24.8 Å². The van der Waals surface area contributed by atoms with Crippen LogP contribution in [0.1, 0.15) is 13.8 Å². The van der Waals surface area contributed by atoms with E-state index in [1.807, 2.05) is 0 Å². The van der Waals surface area contributed by atoms with E-state index in [0.717, 1.165) is 13.0 Å². The molecular formula is C18H16Cl2O8S. The van der Waals surface area contributed by atoms with E-state index in [1.54, 1.807) is 0 Å². The van der Waals surface area contributed by atoms with Crippen molar-refractivity contribution in [3.63, 3.8) is 0 Å². The number of rotatable bonds is 8. The third-order valence-electron chi connectivity index (χ3n) is 3.46. The summed E-state index contributed by atoms with van der Waals surface area (Å²) in [6.07, 6.45) is -1.15. The first-order chi connectivity index (χ1) is 13.5. The van der Waals surface area contributed by atoms with E-state index in [9.17, 15) is 18.0 Å². The van der Waals surface area contributed by atoms with Gasteiger partial charge in [0.15, 0.2) is 23.5 Å². The summed E-state index contributed by atoms with van der Waals surface area (Å²) >= 11 is 12.1. The summed E-state index contributed by atoms with van der Waals surface area (Å²) in [5.74, 6) is -2.46. The third-order valence-corrected chi connectivity index (χ3v) is 5.39. The second-order valence-corrected chi connectivity index (χ2v) is 8.53. The smallest absolute Gasteiger partial charge is 0.344 e. The summed E-state index contributed by atoms with van der Waals surface area (Å²) in [6, 6.07) is 7.99. The molecule has 2 aromatic rings. The fourth-order valence-electron chi connectivity index (χ4n) is 2.00. The highest BCUT2D eigenvalue weighted by Crippen LogP contribution is 2.38. The summed E-state index contributed by atoms with van der Waals surface area (Å²) < 4.78 is 39.9. The normalized spacial score (nSPS) is 12.1. The van der Waals surface area contributed by atoms with Crippen molar-refractivity contribution < 1.29 is 37.3 Å². The van der Waals surface area contributed by atoms with E-state index in [-0.39, 0.29) is 27.2 Å². The minimum Gasteiger partial charge on any atom is -0.479 e. The van der Waals surface area contributed by atoms with E-state index in [0.29, 0.717) is 5.02 Å². The Balaban J connectivity index is 2.30. The Morgan fingerprint density at radius 1 is 1.07 bits per heavy atom. The molecule has 0 aliphatic heterocycles. The Morgan fingerprint density at radius 2 is 1.72 bits per heavy atom. The van der Waals surface area contributed by atoms with Gasteiger partial charge in [-0.3, -0.25) is 4.79 Å². The second-order valence-electron chi connectivity index (χ2n) is 5.75. The molecule has 0 aromatic heterocycles. The van der Waals surface area contributed by atoms with Crippen molar-refractivity contribution in [3.05, 3.63) is 46.4 Å². The number of hydrogen-bond acceptors (Lipinski definition) is 7. The van der Waals surface area contributed by atoms with Crippen LogP contribution in [-0.2, 0) is 24.2 Å². The quantitative estimate of drug-likeness (QED) is 0.586. The molecule has 1 unspecified atom stereocenters. The van der Waals surface area contributed by atoms with Crippen LogP contribution in [0.5, 0.6) is 17.2 Å². The molecule has 0 fully saturated rings. The summed E-state index contributed by atoms with van der Waals surface area (Å²) in [6.45, 7) is 2.44. The van der Waals surface area contributed by atoms with E-state index in [2.05, 4.69) is 4.74 Å². The van der Waals surface area contributed by atoms with Gasteiger partial charge in [0.2, 0.25) is 9.84 Å². The van der Waals surface area contributed by atoms with Gasteiger partial charge >= 0.3 is 11.9 Å². The number of halogens is 2. The number of hydrogen-bond donors (Lipinski definition) is 1. The van der Waals surface area contributed by atoms with Crippen LogP contribution in [0.15, 0.2) is 41.3 Å². The largest absolute Gasteiger partial charge is 0.479 e. The first kappa shape index (κ1) is 22.8. The van der Waals surface area contributed by atoms with Crippen LogP contribution in [0, 0.1) is 0 Å². The monoisotopic (exact) mass is 462 g/mol. The highest BCUT2D eigenvalue weighted by Gasteiger charge is 2.20. The molecule has 0 saturated heterocycles. The van der Waals surface area contributed by atoms with Gasteiger partial charge in [0, 0.05) is 18.0 Å². The first-order valence-electron chi connectivity index (χ1n) is 8.02. The maximum atomic E-state index is 12.2. The van der Waals surface area contributed by atoms with Gasteiger partial charge in [-0.25, -0.2) is 13.2 Å². The average Bonchev–Trinajstić information content (AvgIpc) is 2.63. The van der Waals surface area contributed by atoms with Crippen molar-refractivity contribution in [1.82, 2.24) is 0 Å². The molecule has 29 heavy (non-hydrogen) atoms. The number of carboxylic acids is 1. The zero-order valence-electron chi connectivity index (χ0n) is 15.2. The van der Waals surface area contributed by atoms with Crippen molar-refractivity contribution in [2.75, 3.05) is 5.94 Å². The SMILES string of the molecule is CC(=O)OCS(=O)(=O)c1ccc(Oc2cc(Cl)ccc2OC(C)C(=O)O)c(Cl)c1.